The van der Waals surface area contributed by atoms with Crippen molar-refractivity contribution in [3.8, 4) is 0 Å². The molecule has 0 fully saturated rings. The van der Waals surface area contributed by atoms with Gasteiger partial charge in [0.25, 0.3) is 0 Å². The Morgan fingerprint density at radius 3 is 2.94 bits per heavy atom. The standard InChI is InChI=1S/C12H8ClNO2S/c13-11(8-3-4-17-6-8)7-1-2-9-10(5-7)16-12(15)14-9/h1-6,11H,(H,14,15). The van der Waals surface area contributed by atoms with E-state index < -0.39 is 5.76 Å². The van der Waals surface area contributed by atoms with E-state index in [1.165, 1.54) is 0 Å². The summed E-state index contributed by atoms with van der Waals surface area (Å²) in [5, 5.41) is 3.78. The van der Waals surface area contributed by atoms with Crippen LogP contribution in [0.15, 0.2) is 44.2 Å². The van der Waals surface area contributed by atoms with Crippen LogP contribution in [0.5, 0.6) is 0 Å². The fraction of sp³-hybridized carbons (Fsp3) is 0.0833. The SMILES string of the molecule is O=c1[nH]c2ccc(C(Cl)c3ccsc3)cc2o1. The Morgan fingerprint density at radius 1 is 1.29 bits per heavy atom. The van der Waals surface area contributed by atoms with E-state index >= 15 is 0 Å². The molecule has 17 heavy (non-hydrogen) atoms. The predicted molar refractivity (Wildman–Crippen MR) is 68.8 cm³/mol. The molecule has 0 radical (unpaired) electrons. The van der Waals surface area contributed by atoms with Crippen molar-refractivity contribution in [3.05, 3.63) is 56.7 Å². The van der Waals surface area contributed by atoms with Crippen molar-refractivity contribution in [1.82, 2.24) is 4.98 Å². The lowest BCUT2D eigenvalue weighted by Crippen LogP contribution is -1.92. The van der Waals surface area contributed by atoms with Gasteiger partial charge in [0, 0.05) is 0 Å². The van der Waals surface area contributed by atoms with Crippen LogP contribution in [0.25, 0.3) is 11.1 Å². The van der Waals surface area contributed by atoms with Gasteiger partial charge in [0.2, 0.25) is 0 Å². The highest BCUT2D eigenvalue weighted by molar-refractivity contribution is 7.08. The zero-order valence-electron chi connectivity index (χ0n) is 8.64. The summed E-state index contributed by atoms with van der Waals surface area (Å²) in [6.45, 7) is 0. The van der Waals surface area contributed by atoms with Crippen molar-refractivity contribution in [2.24, 2.45) is 0 Å². The second-order valence-corrected chi connectivity index (χ2v) is 4.91. The second kappa shape index (κ2) is 4.05. The number of alkyl halides is 1. The minimum Gasteiger partial charge on any atom is -0.408 e. The molecule has 0 saturated heterocycles. The van der Waals surface area contributed by atoms with Gasteiger partial charge >= 0.3 is 5.76 Å². The van der Waals surface area contributed by atoms with Crippen molar-refractivity contribution in [2.75, 3.05) is 0 Å². The van der Waals surface area contributed by atoms with E-state index in [1.807, 2.05) is 22.9 Å². The lowest BCUT2D eigenvalue weighted by atomic mass is 10.1. The summed E-state index contributed by atoms with van der Waals surface area (Å²) in [6.07, 6.45) is 0. The summed E-state index contributed by atoms with van der Waals surface area (Å²) in [6, 6.07) is 7.48. The molecule has 1 N–H and O–H groups in total. The summed E-state index contributed by atoms with van der Waals surface area (Å²) in [5.41, 5.74) is 3.19. The molecule has 0 aliphatic rings. The number of benzene rings is 1. The molecule has 0 aliphatic heterocycles. The van der Waals surface area contributed by atoms with Crippen LogP contribution in [0, 0.1) is 0 Å². The van der Waals surface area contributed by atoms with Crippen LogP contribution in [0.3, 0.4) is 0 Å². The Labute approximate surface area is 106 Å². The van der Waals surface area contributed by atoms with Crippen molar-refractivity contribution in [2.45, 2.75) is 5.38 Å². The first-order valence-electron chi connectivity index (χ1n) is 5.03. The van der Waals surface area contributed by atoms with Crippen LogP contribution in [0.1, 0.15) is 16.5 Å². The smallest absolute Gasteiger partial charge is 0.408 e. The molecular weight excluding hydrogens is 258 g/mol. The zero-order chi connectivity index (χ0) is 11.8. The van der Waals surface area contributed by atoms with Crippen LogP contribution >= 0.6 is 22.9 Å². The van der Waals surface area contributed by atoms with Gasteiger partial charge in [0.05, 0.1) is 10.9 Å². The first kappa shape index (κ1) is 10.6. The van der Waals surface area contributed by atoms with Gasteiger partial charge in [0.1, 0.15) is 0 Å². The summed E-state index contributed by atoms with van der Waals surface area (Å²) in [5.74, 6) is -0.446. The maximum Gasteiger partial charge on any atom is 0.417 e. The second-order valence-electron chi connectivity index (χ2n) is 3.69. The van der Waals surface area contributed by atoms with Crippen LogP contribution in [-0.2, 0) is 0 Å². The van der Waals surface area contributed by atoms with Gasteiger partial charge in [-0.1, -0.05) is 6.07 Å². The minimum absolute atomic E-state index is 0.217. The van der Waals surface area contributed by atoms with Crippen LogP contribution in [0.4, 0.5) is 0 Å². The van der Waals surface area contributed by atoms with Gasteiger partial charge in [0.15, 0.2) is 5.58 Å². The monoisotopic (exact) mass is 265 g/mol. The molecule has 0 bridgehead atoms. The zero-order valence-corrected chi connectivity index (χ0v) is 10.2. The number of hydrogen-bond acceptors (Lipinski definition) is 3. The molecule has 0 aliphatic carbocycles. The molecule has 0 spiro atoms. The van der Waals surface area contributed by atoms with Crippen molar-refractivity contribution < 1.29 is 4.42 Å². The van der Waals surface area contributed by atoms with Gasteiger partial charge in [-0.3, -0.25) is 4.98 Å². The number of fused-ring (bicyclic) bond motifs is 1. The quantitative estimate of drug-likeness (QED) is 0.721. The van der Waals surface area contributed by atoms with E-state index in [0.29, 0.717) is 11.1 Å². The normalized spacial score (nSPS) is 13.0. The summed E-state index contributed by atoms with van der Waals surface area (Å²) in [7, 11) is 0. The molecule has 1 unspecified atom stereocenters. The molecule has 0 amide bonds. The van der Waals surface area contributed by atoms with Gasteiger partial charge in [-0.05, 0) is 40.1 Å². The van der Waals surface area contributed by atoms with E-state index in [1.54, 1.807) is 23.5 Å². The first-order chi connectivity index (χ1) is 8.24. The average Bonchev–Trinajstić information content (AvgIpc) is 2.94. The molecule has 3 rings (SSSR count). The number of nitrogens with one attached hydrogen (secondary N) is 1. The third kappa shape index (κ3) is 1.90. The Morgan fingerprint density at radius 2 is 2.18 bits per heavy atom. The average molecular weight is 266 g/mol. The van der Waals surface area contributed by atoms with Crippen molar-refractivity contribution in [1.29, 1.82) is 0 Å². The van der Waals surface area contributed by atoms with E-state index in [-0.39, 0.29) is 5.38 Å². The molecule has 3 aromatic rings. The third-order valence-corrected chi connectivity index (χ3v) is 3.78. The number of thiophene rings is 1. The lowest BCUT2D eigenvalue weighted by molar-refractivity contribution is 0.555. The third-order valence-electron chi connectivity index (χ3n) is 2.57. The Kier molecular flexibility index (Phi) is 2.53. The van der Waals surface area contributed by atoms with Gasteiger partial charge in [-0.25, -0.2) is 4.79 Å². The van der Waals surface area contributed by atoms with E-state index in [4.69, 9.17) is 16.0 Å². The van der Waals surface area contributed by atoms with E-state index in [2.05, 4.69) is 4.98 Å². The summed E-state index contributed by atoms with van der Waals surface area (Å²) < 4.78 is 5.01. The number of H-pyrrole nitrogens is 1. The lowest BCUT2D eigenvalue weighted by Gasteiger charge is -2.07. The van der Waals surface area contributed by atoms with E-state index in [9.17, 15) is 4.79 Å². The molecule has 1 atom stereocenters. The summed E-state index contributed by atoms with van der Waals surface area (Å²) in [4.78, 5) is 13.6. The van der Waals surface area contributed by atoms with Crippen LogP contribution < -0.4 is 5.76 Å². The van der Waals surface area contributed by atoms with E-state index in [0.717, 1.165) is 11.1 Å². The molecule has 0 saturated carbocycles. The number of rotatable bonds is 2. The number of aromatic amines is 1. The van der Waals surface area contributed by atoms with Gasteiger partial charge < -0.3 is 4.42 Å². The topological polar surface area (TPSA) is 46.0 Å². The first-order valence-corrected chi connectivity index (χ1v) is 6.41. The number of halogens is 1. The highest BCUT2D eigenvalue weighted by atomic mass is 35.5. The predicted octanol–water partition coefficient (Wildman–Crippen LogP) is 3.51. The summed E-state index contributed by atoms with van der Waals surface area (Å²) >= 11 is 7.96. The molecule has 3 nitrogen and oxygen atoms in total. The Balaban J connectivity index is 2.08. The molecule has 2 heterocycles. The number of aromatic nitrogens is 1. The molecular formula is C12H8ClNO2S. The maximum absolute atomic E-state index is 11.0. The van der Waals surface area contributed by atoms with Gasteiger partial charge in [-0.15, -0.1) is 11.6 Å². The number of oxazole rings is 1. The van der Waals surface area contributed by atoms with Crippen molar-refractivity contribution in [3.63, 3.8) is 0 Å². The largest absolute Gasteiger partial charge is 0.417 e. The highest BCUT2D eigenvalue weighted by Gasteiger charge is 2.12. The fourth-order valence-electron chi connectivity index (χ4n) is 1.73. The molecule has 1 aromatic carbocycles. The Bertz CT molecular complexity index is 699. The minimum atomic E-state index is -0.446. The van der Waals surface area contributed by atoms with Crippen LogP contribution in [0.2, 0.25) is 0 Å². The fourth-order valence-corrected chi connectivity index (χ4v) is 2.76. The Hall–Kier alpha value is -1.52. The number of hydrogen-bond donors (Lipinski definition) is 1. The maximum atomic E-state index is 11.0. The van der Waals surface area contributed by atoms with Crippen LogP contribution in [-0.4, -0.2) is 4.98 Å². The molecule has 86 valence electrons. The van der Waals surface area contributed by atoms with Crippen molar-refractivity contribution >= 4 is 34.0 Å². The molecule has 5 heteroatoms. The highest BCUT2D eigenvalue weighted by Crippen LogP contribution is 2.31. The molecule has 2 aromatic heterocycles. The van der Waals surface area contributed by atoms with Gasteiger partial charge in [-0.2, -0.15) is 11.3 Å².